The summed E-state index contributed by atoms with van der Waals surface area (Å²) in [6, 6.07) is 13.4. The van der Waals surface area contributed by atoms with Crippen LogP contribution in [0.25, 0.3) is 10.9 Å². The molecule has 1 atom stereocenters. The number of para-hydroxylation sites is 1. The van der Waals surface area contributed by atoms with Gasteiger partial charge in [-0.2, -0.15) is 5.10 Å². The summed E-state index contributed by atoms with van der Waals surface area (Å²) in [5.74, 6) is -0.0558. The summed E-state index contributed by atoms with van der Waals surface area (Å²) in [5.41, 5.74) is 4.00. The number of hydrogen-bond acceptors (Lipinski definition) is 3. The van der Waals surface area contributed by atoms with Crippen molar-refractivity contribution in [3.05, 3.63) is 75.6 Å². The van der Waals surface area contributed by atoms with E-state index in [1.54, 1.807) is 22.7 Å². The van der Waals surface area contributed by atoms with Crippen molar-refractivity contribution in [1.29, 1.82) is 0 Å². The van der Waals surface area contributed by atoms with Crippen LogP contribution in [0.3, 0.4) is 0 Å². The minimum absolute atomic E-state index is 0.0481. The van der Waals surface area contributed by atoms with E-state index in [0.717, 1.165) is 11.1 Å². The quantitative estimate of drug-likeness (QED) is 0.727. The topological polar surface area (TPSA) is 55.2 Å². The average Bonchev–Trinajstić information content (AvgIpc) is 2.65. The van der Waals surface area contributed by atoms with E-state index in [-0.39, 0.29) is 23.9 Å². The SMILES string of the molecule is Cc1ccc(C)c([C@@H](C)N(C)C(=O)Cn2ncc(=O)c3ccccc32)c1. The van der Waals surface area contributed by atoms with Gasteiger partial charge in [0.05, 0.1) is 17.8 Å². The molecule has 26 heavy (non-hydrogen) atoms. The van der Waals surface area contributed by atoms with Crippen molar-refractivity contribution in [2.24, 2.45) is 0 Å². The molecule has 1 heterocycles. The van der Waals surface area contributed by atoms with Gasteiger partial charge in [0.25, 0.3) is 0 Å². The molecule has 0 fully saturated rings. The minimum atomic E-state index is -0.138. The molecule has 0 unspecified atom stereocenters. The molecule has 3 aromatic rings. The third-order valence-electron chi connectivity index (χ3n) is 4.91. The second-order valence-corrected chi connectivity index (χ2v) is 6.72. The number of rotatable bonds is 4. The van der Waals surface area contributed by atoms with E-state index in [9.17, 15) is 9.59 Å². The molecule has 0 N–H and O–H groups in total. The maximum absolute atomic E-state index is 12.8. The molecule has 3 rings (SSSR count). The van der Waals surface area contributed by atoms with Gasteiger partial charge in [-0.1, -0.05) is 35.9 Å². The van der Waals surface area contributed by atoms with Crippen LogP contribution >= 0.6 is 0 Å². The molecular formula is C21H23N3O2. The largest absolute Gasteiger partial charge is 0.337 e. The Labute approximate surface area is 152 Å². The van der Waals surface area contributed by atoms with E-state index in [1.165, 1.54) is 11.8 Å². The number of amides is 1. The first-order chi connectivity index (χ1) is 12.4. The van der Waals surface area contributed by atoms with Gasteiger partial charge in [0.2, 0.25) is 11.3 Å². The normalized spacial score (nSPS) is 12.2. The van der Waals surface area contributed by atoms with Gasteiger partial charge in [0.1, 0.15) is 6.54 Å². The van der Waals surface area contributed by atoms with Crippen LogP contribution in [0, 0.1) is 13.8 Å². The lowest BCUT2D eigenvalue weighted by Gasteiger charge is -2.27. The van der Waals surface area contributed by atoms with Crippen LogP contribution < -0.4 is 5.43 Å². The molecule has 0 aliphatic rings. The summed E-state index contributed by atoms with van der Waals surface area (Å²) >= 11 is 0. The zero-order chi connectivity index (χ0) is 18.8. The highest BCUT2D eigenvalue weighted by atomic mass is 16.2. The number of nitrogens with zero attached hydrogens (tertiary/aromatic N) is 3. The fraction of sp³-hybridized carbons (Fsp3) is 0.286. The van der Waals surface area contributed by atoms with Crippen molar-refractivity contribution in [2.45, 2.75) is 33.4 Å². The maximum atomic E-state index is 12.8. The first kappa shape index (κ1) is 17.9. The van der Waals surface area contributed by atoms with E-state index in [0.29, 0.717) is 10.9 Å². The lowest BCUT2D eigenvalue weighted by Crippen LogP contribution is -2.33. The van der Waals surface area contributed by atoms with Crippen molar-refractivity contribution in [2.75, 3.05) is 7.05 Å². The summed E-state index contributed by atoms with van der Waals surface area (Å²) < 4.78 is 1.59. The number of fused-ring (bicyclic) bond motifs is 1. The van der Waals surface area contributed by atoms with Crippen molar-refractivity contribution >= 4 is 16.8 Å². The smallest absolute Gasteiger partial charge is 0.244 e. The number of carbonyl (C=O) groups excluding carboxylic acids is 1. The van der Waals surface area contributed by atoms with Crippen molar-refractivity contribution in [1.82, 2.24) is 14.7 Å². The molecule has 0 bridgehead atoms. The van der Waals surface area contributed by atoms with Gasteiger partial charge < -0.3 is 4.90 Å². The highest BCUT2D eigenvalue weighted by Gasteiger charge is 2.20. The van der Waals surface area contributed by atoms with E-state index >= 15 is 0 Å². The minimum Gasteiger partial charge on any atom is -0.337 e. The average molecular weight is 349 g/mol. The van der Waals surface area contributed by atoms with Gasteiger partial charge in [0.15, 0.2) is 0 Å². The maximum Gasteiger partial charge on any atom is 0.244 e. The second kappa shape index (κ2) is 7.12. The number of aryl methyl sites for hydroxylation is 2. The number of aromatic nitrogens is 2. The fourth-order valence-corrected chi connectivity index (χ4v) is 3.16. The van der Waals surface area contributed by atoms with Gasteiger partial charge in [-0.3, -0.25) is 14.3 Å². The van der Waals surface area contributed by atoms with Crippen LogP contribution in [-0.2, 0) is 11.3 Å². The van der Waals surface area contributed by atoms with Crippen LogP contribution in [0.5, 0.6) is 0 Å². The Bertz CT molecular complexity index is 1020. The third-order valence-corrected chi connectivity index (χ3v) is 4.91. The standard InChI is InChI=1S/C21H23N3O2/c1-14-9-10-15(2)18(11-14)16(3)23(4)21(26)13-24-19-8-6-5-7-17(19)20(25)12-22-24/h5-12,16H,13H2,1-4H3/t16-/m1/s1. The van der Waals surface area contributed by atoms with Crippen LogP contribution in [-0.4, -0.2) is 27.6 Å². The molecule has 1 amide bonds. The highest BCUT2D eigenvalue weighted by Crippen LogP contribution is 2.24. The molecule has 2 aromatic carbocycles. The predicted molar refractivity (Wildman–Crippen MR) is 103 cm³/mol. The van der Waals surface area contributed by atoms with Gasteiger partial charge in [-0.05, 0) is 44.0 Å². The Morgan fingerprint density at radius 2 is 1.92 bits per heavy atom. The number of hydrogen-bond donors (Lipinski definition) is 0. The zero-order valence-electron chi connectivity index (χ0n) is 15.6. The number of carbonyl (C=O) groups is 1. The lowest BCUT2D eigenvalue weighted by molar-refractivity contribution is -0.132. The van der Waals surface area contributed by atoms with Crippen LogP contribution in [0.1, 0.15) is 29.7 Å². The third kappa shape index (κ3) is 3.38. The Balaban J connectivity index is 1.87. The monoisotopic (exact) mass is 349 g/mol. The molecule has 0 saturated heterocycles. The zero-order valence-corrected chi connectivity index (χ0v) is 15.6. The summed E-state index contributed by atoms with van der Waals surface area (Å²) in [6.07, 6.45) is 1.27. The summed E-state index contributed by atoms with van der Waals surface area (Å²) in [5, 5.41) is 4.72. The van der Waals surface area contributed by atoms with Gasteiger partial charge in [0, 0.05) is 12.4 Å². The Kier molecular flexibility index (Phi) is 4.89. The molecule has 1 aromatic heterocycles. The summed E-state index contributed by atoms with van der Waals surface area (Å²) in [6.45, 7) is 6.22. The molecule has 134 valence electrons. The van der Waals surface area contributed by atoms with Gasteiger partial charge in [-0.15, -0.1) is 0 Å². The highest BCUT2D eigenvalue weighted by molar-refractivity contribution is 5.81. The Hall–Kier alpha value is -2.95. The van der Waals surface area contributed by atoms with Crippen molar-refractivity contribution in [3.8, 4) is 0 Å². The Morgan fingerprint density at radius 3 is 2.69 bits per heavy atom. The van der Waals surface area contributed by atoms with E-state index in [1.807, 2.05) is 32.0 Å². The molecular weight excluding hydrogens is 326 g/mol. The number of likely N-dealkylation sites (N-methyl/N-ethyl adjacent to an activating group) is 1. The predicted octanol–water partition coefficient (Wildman–Crippen LogP) is 3.23. The van der Waals surface area contributed by atoms with Gasteiger partial charge >= 0.3 is 0 Å². The molecule has 0 aliphatic heterocycles. The molecule has 0 aliphatic carbocycles. The van der Waals surface area contributed by atoms with E-state index in [4.69, 9.17) is 0 Å². The Morgan fingerprint density at radius 1 is 1.19 bits per heavy atom. The molecule has 5 heteroatoms. The number of benzene rings is 2. The first-order valence-corrected chi connectivity index (χ1v) is 8.66. The first-order valence-electron chi connectivity index (χ1n) is 8.66. The van der Waals surface area contributed by atoms with Crippen molar-refractivity contribution in [3.63, 3.8) is 0 Å². The van der Waals surface area contributed by atoms with Crippen molar-refractivity contribution < 1.29 is 4.79 Å². The van der Waals surface area contributed by atoms with E-state index < -0.39 is 0 Å². The molecule has 0 saturated carbocycles. The molecule has 5 nitrogen and oxygen atoms in total. The molecule has 0 radical (unpaired) electrons. The lowest BCUT2D eigenvalue weighted by atomic mass is 9.99. The fourth-order valence-electron chi connectivity index (χ4n) is 3.16. The van der Waals surface area contributed by atoms with Crippen LogP contribution in [0.2, 0.25) is 0 Å². The second-order valence-electron chi connectivity index (χ2n) is 6.72. The summed E-state index contributed by atoms with van der Waals surface area (Å²) in [4.78, 5) is 26.5. The van der Waals surface area contributed by atoms with Crippen LogP contribution in [0.4, 0.5) is 0 Å². The van der Waals surface area contributed by atoms with E-state index in [2.05, 4.69) is 30.2 Å². The molecule has 0 spiro atoms. The van der Waals surface area contributed by atoms with Gasteiger partial charge in [-0.25, -0.2) is 0 Å². The summed E-state index contributed by atoms with van der Waals surface area (Å²) in [7, 11) is 1.81. The van der Waals surface area contributed by atoms with Crippen LogP contribution in [0.15, 0.2) is 53.5 Å².